The number of nitrogens with one attached hydrogen (secondary N) is 3. The zero-order valence-corrected chi connectivity index (χ0v) is 25.7. The zero-order valence-electron chi connectivity index (χ0n) is 25.7. The number of carbonyl (C=O) groups is 3. The lowest BCUT2D eigenvalue weighted by atomic mass is 9.89. The number of nitrogens with two attached hydrogens (primary N) is 3. The van der Waals surface area contributed by atoms with Crippen LogP contribution in [0.3, 0.4) is 0 Å². The molecule has 0 bridgehead atoms. The van der Waals surface area contributed by atoms with E-state index in [2.05, 4.69) is 10.6 Å². The third-order valence-corrected chi connectivity index (χ3v) is 7.58. The molecule has 238 valence electrons. The van der Waals surface area contributed by atoms with Crippen molar-refractivity contribution < 1.29 is 23.9 Å². The van der Waals surface area contributed by atoms with Gasteiger partial charge in [-0.05, 0) is 58.1 Å². The number of carbonyl (C=O) groups excluding carboxylic acids is 3. The largest absolute Gasteiger partial charge is 0.497 e. The highest BCUT2D eigenvalue weighted by Crippen LogP contribution is 2.28. The Kier molecular flexibility index (Phi) is 11.1. The van der Waals surface area contributed by atoms with Crippen molar-refractivity contribution >= 4 is 23.6 Å². The molecule has 3 amide bonds. The Hall–Kier alpha value is -5.68. The number of amides is 3. The Bertz CT molecular complexity index is 1630. The summed E-state index contributed by atoms with van der Waals surface area (Å²) in [7, 11) is 3.13. The Morgan fingerprint density at radius 1 is 0.739 bits per heavy atom. The molecule has 0 heterocycles. The molecule has 4 aromatic carbocycles. The van der Waals surface area contributed by atoms with Gasteiger partial charge < -0.3 is 37.3 Å². The predicted octanol–water partition coefficient (Wildman–Crippen LogP) is 2.65. The summed E-state index contributed by atoms with van der Waals surface area (Å²) < 4.78 is 10.6. The number of hydrogen-bond donors (Lipinski definition) is 6. The van der Waals surface area contributed by atoms with Gasteiger partial charge in [0.1, 0.15) is 29.4 Å². The quantitative estimate of drug-likeness (QED) is 0.0918. The second-order valence-electron chi connectivity index (χ2n) is 10.7. The minimum atomic E-state index is -0.976. The molecule has 0 aliphatic carbocycles. The van der Waals surface area contributed by atoms with Crippen LogP contribution in [0.5, 0.6) is 11.5 Å². The summed E-state index contributed by atoms with van der Waals surface area (Å²) in [6.07, 6.45) is 0.142. The number of rotatable bonds is 14. The van der Waals surface area contributed by atoms with Gasteiger partial charge in [0.15, 0.2) is 0 Å². The first-order valence-electron chi connectivity index (χ1n) is 14.5. The summed E-state index contributed by atoms with van der Waals surface area (Å²) in [6.45, 7) is 0.158. The maximum absolute atomic E-state index is 14.1. The molecule has 0 aliphatic rings. The van der Waals surface area contributed by atoms with Gasteiger partial charge in [0.05, 0.1) is 20.1 Å². The van der Waals surface area contributed by atoms with Gasteiger partial charge in [0.25, 0.3) is 0 Å². The van der Waals surface area contributed by atoms with Crippen LogP contribution < -0.4 is 37.3 Å². The van der Waals surface area contributed by atoms with E-state index >= 15 is 0 Å². The lowest BCUT2D eigenvalue weighted by Crippen LogP contribution is -2.49. The molecular formula is C35H38N6O5. The van der Waals surface area contributed by atoms with Crippen LogP contribution in [-0.2, 0) is 27.3 Å². The van der Waals surface area contributed by atoms with Gasteiger partial charge in [-0.3, -0.25) is 19.8 Å². The van der Waals surface area contributed by atoms with Crippen LogP contribution in [0.4, 0.5) is 0 Å². The summed E-state index contributed by atoms with van der Waals surface area (Å²) >= 11 is 0. The third-order valence-electron chi connectivity index (χ3n) is 7.58. The molecule has 0 radical (unpaired) electrons. The molecule has 0 aromatic heterocycles. The number of nitrogen functional groups attached to an aromatic ring is 1. The van der Waals surface area contributed by atoms with E-state index in [1.54, 1.807) is 80.9 Å². The summed E-state index contributed by atoms with van der Waals surface area (Å²) in [5.41, 5.74) is 20.8. The fourth-order valence-electron chi connectivity index (χ4n) is 4.97. The molecule has 4 rings (SSSR count). The van der Waals surface area contributed by atoms with Crippen molar-refractivity contribution in [3.8, 4) is 11.5 Å². The van der Waals surface area contributed by atoms with Crippen molar-refractivity contribution in [3.63, 3.8) is 0 Å². The first kappa shape index (κ1) is 33.2. The first-order valence-corrected chi connectivity index (χ1v) is 14.5. The highest BCUT2D eigenvalue weighted by molar-refractivity contribution is 5.95. The van der Waals surface area contributed by atoms with Gasteiger partial charge in [-0.25, -0.2) is 0 Å². The molecule has 46 heavy (non-hydrogen) atoms. The lowest BCUT2D eigenvalue weighted by molar-refractivity contribution is -0.129. The molecular weight excluding hydrogens is 584 g/mol. The van der Waals surface area contributed by atoms with Crippen LogP contribution >= 0.6 is 0 Å². The van der Waals surface area contributed by atoms with Gasteiger partial charge in [-0.2, -0.15) is 0 Å². The second-order valence-corrected chi connectivity index (χ2v) is 10.7. The molecule has 11 nitrogen and oxygen atoms in total. The molecule has 0 saturated heterocycles. The third kappa shape index (κ3) is 8.48. The van der Waals surface area contributed by atoms with Crippen molar-refractivity contribution in [1.82, 2.24) is 10.6 Å². The monoisotopic (exact) mass is 622 g/mol. The normalized spacial score (nSPS) is 12.1. The van der Waals surface area contributed by atoms with Crippen LogP contribution in [0, 0.1) is 5.41 Å². The molecule has 0 spiro atoms. The van der Waals surface area contributed by atoms with Crippen LogP contribution in [0.2, 0.25) is 0 Å². The van der Waals surface area contributed by atoms with E-state index in [1.807, 2.05) is 30.3 Å². The lowest BCUT2D eigenvalue weighted by Gasteiger charge is -2.24. The van der Waals surface area contributed by atoms with E-state index in [0.29, 0.717) is 39.3 Å². The Morgan fingerprint density at radius 3 is 1.78 bits per heavy atom. The smallest absolute Gasteiger partial charge is 0.243 e. The number of hydrogen-bond acceptors (Lipinski definition) is 7. The molecule has 0 saturated carbocycles. The number of ether oxygens (including phenoxy) is 2. The Balaban J connectivity index is 1.61. The summed E-state index contributed by atoms with van der Waals surface area (Å²) in [4.78, 5) is 39.2. The summed E-state index contributed by atoms with van der Waals surface area (Å²) in [5.74, 6) is -1.01. The highest BCUT2D eigenvalue weighted by atomic mass is 16.5. The van der Waals surface area contributed by atoms with Crippen molar-refractivity contribution in [2.24, 2.45) is 17.2 Å². The average molecular weight is 623 g/mol. The van der Waals surface area contributed by atoms with E-state index in [0.717, 1.165) is 5.56 Å². The molecule has 2 unspecified atom stereocenters. The van der Waals surface area contributed by atoms with Crippen LogP contribution in [0.25, 0.3) is 0 Å². The Morgan fingerprint density at radius 2 is 1.28 bits per heavy atom. The maximum atomic E-state index is 14.1. The SMILES string of the molecule is COc1ccc(C(C(=O)NC(Cc2cccc(C(=N)N)c2)C(=O)NCc2ccc(C(N)C(N)=O)cc2)c2ccc(OC)cc2)cc1. The summed E-state index contributed by atoms with van der Waals surface area (Å²) in [5, 5.41) is 13.7. The van der Waals surface area contributed by atoms with Gasteiger partial charge in [-0.1, -0.05) is 66.7 Å². The number of methoxy groups -OCH3 is 2. The highest BCUT2D eigenvalue weighted by Gasteiger charge is 2.28. The van der Waals surface area contributed by atoms with Gasteiger partial charge in [-0.15, -0.1) is 0 Å². The van der Waals surface area contributed by atoms with E-state index in [1.165, 1.54) is 0 Å². The number of primary amides is 1. The second kappa shape index (κ2) is 15.4. The van der Waals surface area contributed by atoms with Gasteiger partial charge >= 0.3 is 0 Å². The van der Waals surface area contributed by atoms with E-state index in [9.17, 15) is 14.4 Å². The fraction of sp³-hybridized carbons (Fsp3) is 0.200. The van der Waals surface area contributed by atoms with Gasteiger partial charge in [0.2, 0.25) is 17.7 Å². The van der Waals surface area contributed by atoms with Crippen molar-refractivity contribution in [3.05, 3.63) is 130 Å². The molecule has 2 atom stereocenters. The summed E-state index contributed by atoms with van der Waals surface area (Å²) in [6, 6.07) is 26.3. The number of amidine groups is 1. The van der Waals surface area contributed by atoms with E-state index in [4.69, 9.17) is 32.1 Å². The zero-order chi connectivity index (χ0) is 33.2. The fourth-order valence-corrected chi connectivity index (χ4v) is 4.97. The standard InChI is InChI=1S/C35H38N6O5/c1-45-27-14-10-23(11-15-27)30(24-12-16-28(46-2)17-13-24)35(44)41-29(19-22-4-3-5-26(18-22)32(37)38)34(43)40-20-21-6-8-25(9-7-21)31(36)33(39)42/h3-18,29-31H,19-20,36H2,1-2H3,(H3,37,38)(H2,39,42)(H,40,43)(H,41,44). The van der Waals surface area contributed by atoms with Crippen molar-refractivity contribution in [1.29, 1.82) is 5.41 Å². The Labute approximate surface area is 267 Å². The van der Waals surface area contributed by atoms with E-state index < -0.39 is 29.8 Å². The van der Waals surface area contributed by atoms with Crippen molar-refractivity contribution in [2.45, 2.75) is 31.0 Å². The average Bonchev–Trinajstić information content (AvgIpc) is 3.07. The minimum Gasteiger partial charge on any atom is -0.497 e. The van der Waals surface area contributed by atoms with Crippen LogP contribution in [0.15, 0.2) is 97.1 Å². The van der Waals surface area contributed by atoms with E-state index in [-0.39, 0.29) is 24.7 Å². The first-order chi connectivity index (χ1) is 22.1. The van der Waals surface area contributed by atoms with Crippen molar-refractivity contribution in [2.75, 3.05) is 14.2 Å². The predicted molar refractivity (Wildman–Crippen MR) is 175 cm³/mol. The molecule has 0 aliphatic heterocycles. The molecule has 11 heteroatoms. The maximum Gasteiger partial charge on any atom is 0.243 e. The molecule has 9 N–H and O–H groups in total. The minimum absolute atomic E-state index is 0.106. The number of benzene rings is 4. The van der Waals surface area contributed by atoms with Crippen LogP contribution in [-0.4, -0.2) is 43.8 Å². The molecule has 4 aromatic rings. The topological polar surface area (TPSA) is 196 Å². The molecule has 0 fully saturated rings. The van der Waals surface area contributed by atoms with Gasteiger partial charge in [0, 0.05) is 18.5 Å². The van der Waals surface area contributed by atoms with Crippen LogP contribution in [0.1, 0.15) is 45.3 Å².